The topological polar surface area (TPSA) is 126 Å². The predicted molar refractivity (Wildman–Crippen MR) is 86.5 cm³/mol. The van der Waals surface area contributed by atoms with Crippen LogP contribution in [-0.4, -0.2) is 49.0 Å². The van der Waals surface area contributed by atoms with Gasteiger partial charge in [-0.15, -0.1) is 12.6 Å². The average molecular weight is 405 g/mol. The van der Waals surface area contributed by atoms with Crippen molar-refractivity contribution < 1.29 is 62.0 Å². The van der Waals surface area contributed by atoms with E-state index in [-0.39, 0.29) is 52.2 Å². The van der Waals surface area contributed by atoms with Gasteiger partial charge in [0.1, 0.15) is 0 Å². The van der Waals surface area contributed by atoms with E-state index in [4.69, 9.17) is 4.55 Å². The minimum atomic E-state index is -4.79. The van der Waals surface area contributed by atoms with Gasteiger partial charge in [0.2, 0.25) is 5.91 Å². The van der Waals surface area contributed by atoms with Crippen LogP contribution >= 0.6 is 12.6 Å². The van der Waals surface area contributed by atoms with Crippen LogP contribution < -0.4 is 29.6 Å². The largest absolute Gasteiger partial charge is 1.00 e. The van der Waals surface area contributed by atoms with Crippen molar-refractivity contribution in [2.75, 3.05) is 12.3 Å². The third-order valence-electron chi connectivity index (χ3n) is 2.78. The maximum absolute atomic E-state index is 12.3. The third kappa shape index (κ3) is 6.14. The average Bonchev–Trinajstić information content (AvgIpc) is 2.45. The van der Waals surface area contributed by atoms with Gasteiger partial charge in [-0.1, -0.05) is 19.1 Å². The summed E-state index contributed by atoms with van der Waals surface area (Å²) in [5.41, 5.74) is -0.239. The van der Waals surface area contributed by atoms with E-state index in [1.165, 1.54) is 25.1 Å². The molecule has 0 aliphatic heterocycles. The van der Waals surface area contributed by atoms with Crippen LogP contribution in [0.1, 0.15) is 25.1 Å². The van der Waals surface area contributed by atoms with Crippen LogP contribution in [0.4, 0.5) is 0 Å². The number of rotatable bonds is 5. The van der Waals surface area contributed by atoms with Gasteiger partial charge in [-0.05, 0) is 12.1 Å². The quantitative estimate of drug-likeness (QED) is 0.320. The Morgan fingerprint density at radius 1 is 1.21 bits per heavy atom. The van der Waals surface area contributed by atoms with Gasteiger partial charge in [0, 0.05) is 16.9 Å². The van der Waals surface area contributed by atoms with Gasteiger partial charge in [-0.2, -0.15) is 16.8 Å². The molecule has 0 aromatic heterocycles. The van der Waals surface area contributed by atoms with Crippen LogP contribution in [0, 0.1) is 0 Å². The van der Waals surface area contributed by atoms with Crippen LogP contribution in [0.15, 0.2) is 29.2 Å². The van der Waals surface area contributed by atoms with Crippen molar-refractivity contribution in [3.05, 3.63) is 29.8 Å². The molecule has 0 aliphatic rings. The summed E-state index contributed by atoms with van der Waals surface area (Å²) in [5.74, 6) is -1.97. The number of hydrogen-bond acceptors (Lipinski definition) is 7. The Kier molecular flexibility index (Phi) is 9.15. The zero-order chi connectivity index (χ0) is 17.8. The molecular formula is C12H16NNaO7S3. The first-order chi connectivity index (χ1) is 10.5. The Balaban J connectivity index is 0. The molecule has 0 spiro atoms. The Bertz CT molecular complexity index is 827. The van der Waals surface area contributed by atoms with E-state index >= 15 is 0 Å². The van der Waals surface area contributed by atoms with Crippen LogP contribution in [0.3, 0.4) is 0 Å². The molecule has 1 N–H and O–H groups in total. The number of thiol groups is 1. The van der Waals surface area contributed by atoms with Crippen LogP contribution in [0.5, 0.6) is 0 Å². The number of hydrogen-bond donors (Lipinski definition) is 2. The molecule has 8 nitrogen and oxygen atoms in total. The minimum Gasteiger partial charge on any atom is -1.00 e. The van der Waals surface area contributed by atoms with Crippen LogP contribution in [-0.2, 0) is 24.9 Å². The summed E-state index contributed by atoms with van der Waals surface area (Å²) in [6.45, 7) is 0.504. The summed E-state index contributed by atoms with van der Waals surface area (Å²) in [4.78, 5) is 24.1. The van der Waals surface area contributed by atoms with E-state index in [2.05, 4.69) is 12.6 Å². The number of benzene rings is 1. The van der Waals surface area contributed by atoms with Crippen molar-refractivity contribution in [2.24, 2.45) is 0 Å². The van der Waals surface area contributed by atoms with Crippen molar-refractivity contribution in [3.63, 3.8) is 0 Å². The van der Waals surface area contributed by atoms with Gasteiger partial charge in [-0.3, -0.25) is 14.1 Å². The van der Waals surface area contributed by atoms with Crippen molar-refractivity contribution in [2.45, 2.75) is 18.2 Å². The van der Waals surface area contributed by atoms with Gasteiger partial charge in [0.15, 0.2) is 0 Å². The molecule has 1 amide bonds. The van der Waals surface area contributed by atoms with Gasteiger partial charge in [0.05, 0.1) is 12.3 Å². The number of nitrogens with zero attached hydrogens (tertiary/aromatic N) is 1. The monoisotopic (exact) mass is 405 g/mol. The fourth-order valence-electron chi connectivity index (χ4n) is 1.64. The second-order valence-corrected chi connectivity index (χ2v) is 8.23. The third-order valence-corrected chi connectivity index (χ3v) is 5.52. The predicted octanol–water partition coefficient (Wildman–Crippen LogP) is -2.31. The van der Waals surface area contributed by atoms with E-state index in [9.17, 15) is 26.4 Å². The molecule has 0 saturated heterocycles. The molecule has 130 valence electrons. The molecular weight excluding hydrogens is 389 g/mol. The molecule has 12 heteroatoms. The van der Waals surface area contributed by atoms with Crippen molar-refractivity contribution in [3.8, 4) is 0 Å². The molecule has 0 aliphatic carbocycles. The second kappa shape index (κ2) is 9.32. The first-order valence-electron chi connectivity index (χ1n) is 6.33. The minimum absolute atomic E-state index is 0. The summed E-state index contributed by atoms with van der Waals surface area (Å²) in [5, 5.41) is -1.37. The van der Waals surface area contributed by atoms with Gasteiger partial charge >= 0.3 is 39.6 Å². The molecule has 0 heterocycles. The number of sulfonamides is 1. The zero-order valence-corrected chi connectivity index (χ0v) is 17.6. The first-order valence-corrected chi connectivity index (χ1v) is 9.83. The smallest absolute Gasteiger partial charge is 1.00 e. The van der Waals surface area contributed by atoms with Crippen LogP contribution in [0.25, 0.3) is 0 Å². The normalized spacial score (nSPS) is 11.5. The zero-order valence-electron chi connectivity index (χ0n) is 14.0. The van der Waals surface area contributed by atoms with Crippen molar-refractivity contribution in [1.82, 2.24) is 4.31 Å². The molecule has 0 atom stereocenters. The molecule has 0 saturated carbocycles. The van der Waals surface area contributed by atoms with E-state index in [1.54, 1.807) is 6.07 Å². The Labute approximate surface area is 169 Å². The maximum Gasteiger partial charge on any atom is 1.00 e. The number of carbonyl (C=O) groups excluding carboxylic acids is 2. The molecule has 0 unspecified atom stereocenters. The SMILES string of the molecule is CCC(=O)N(CCS(=O)(=O)O)S(=O)(=O)C(=O)c1ccccc1S.[H-].[Na+]. The van der Waals surface area contributed by atoms with Crippen molar-refractivity contribution >= 4 is 43.8 Å². The van der Waals surface area contributed by atoms with E-state index in [0.29, 0.717) is 0 Å². The summed E-state index contributed by atoms with van der Waals surface area (Å²) in [6.07, 6.45) is -0.263. The van der Waals surface area contributed by atoms with Crippen LogP contribution in [0.2, 0.25) is 0 Å². The van der Waals surface area contributed by atoms with Crippen molar-refractivity contribution in [1.29, 1.82) is 0 Å². The molecule has 0 bridgehead atoms. The second-order valence-electron chi connectivity index (χ2n) is 4.42. The number of carbonyl (C=O) groups is 2. The van der Waals surface area contributed by atoms with Gasteiger partial charge < -0.3 is 1.43 Å². The Morgan fingerprint density at radius 3 is 2.21 bits per heavy atom. The standard InChI is InChI=1S/C12H15NO7S3.Na.H/c1-2-11(14)13(7-8-22(16,17)18)23(19,20)12(15)9-5-3-4-6-10(9)21;;/h3-6,21H,2,7-8H2,1H3,(H,16,17,18);;/q;+1;-1. The molecule has 0 fully saturated rings. The first kappa shape index (κ1) is 23.6. The van der Waals surface area contributed by atoms with Gasteiger partial charge in [0.25, 0.3) is 15.2 Å². The molecule has 0 radical (unpaired) electrons. The Morgan fingerprint density at radius 2 is 1.75 bits per heavy atom. The summed E-state index contributed by atoms with van der Waals surface area (Å²) in [6, 6.07) is 5.58. The van der Waals surface area contributed by atoms with E-state index < -0.39 is 43.5 Å². The Hall–Kier alpha value is -0.430. The fraction of sp³-hybridized carbons (Fsp3) is 0.333. The number of amides is 1. The van der Waals surface area contributed by atoms with E-state index in [1.807, 2.05) is 0 Å². The van der Waals surface area contributed by atoms with E-state index in [0.717, 1.165) is 0 Å². The molecule has 24 heavy (non-hydrogen) atoms. The summed E-state index contributed by atoms with van der Waals surface area (Å²) >= 11 is 3.99. The summed E-state index contributed by atoms with van der Waals surface area (Å²) in [7, 11) is -9.29. The molecule has 1 aromatic rings. The maximum atomic E-state index is 12.3. The molecule has 1 rings (SSSR count). The van der Waals surface area contributed by atoms with Gasteiger partial charge in [-0.25, -0.2) is 4.31 Å². The molecule has 1 aromatic carbocycles. The summed E-state index contributed by atoms with van der Waals surface area (Å²) < 4.78 is 55.2. The fourth-order valence-corrected chi connectivity index (χ4v) is 3.89.